The molecule has 0 radical (unpaired) electrons. The van der Waals surface area contributed by atoms with Gasteiger partial charge in [-0.1, -0.05) is 43.3 Å². The van der Waals surface area contributed by atoms with E-state index in [2.05, 4.69) is 10.3 Å². The van der Waals surface area contributed by atoms with Gasteiger partial charge in [0.05, 0.1) is 24.5 Å². The quantitative estimate of drug-likeness (QED) is 0.325. The van der Waals surface area contributed by atoms with Crippen LogP contribution in [0.2, 0.25) is 0 Å². The number of rotatable bonds is 6. The number of anilines is 2. The average Bonchev–Trinajstić information content (AvgIpc) is 3.07. The number of aliphatic imine (C=N–C) groups is 1. The number of aromatic nitrogens is 1. The summed E-state index contributed by atoms with van der Waals surface area (Å²) in [6, 6.07) is 14.3. The van der Waals surface area contributed by atoms with Crippen molar-refractivity contribution in [3.63, 3.8) is 0 Å². The predicted molar refractivity (Wildman–Crippen MR) is 130 cm³/mol. The van der Waals surface area contributed by atoms with E-state index in [1.165, 1.54) is 11.6 Å². The number of benzene rings is 2. The highest BCUT2D eigenvalue weighted by Gasteiger charge is 2.25. The van der Waals surface area contributed by atoms with E-state index in [0.717, 1.165) is 5.56 Å². The summed E-state index contributed by atoms with van der Waals surface area (Å²) in [5, 5.41) is 35.2. The summed E-state index contributed by atoms with van der Waals surface area (Å²) in [4.78, 5) is 19.2. The SMILES string of the molecule is CCC(=Nc1c(Nc2cccc(C(=O)N3CCOCC3)c2O)c(O)n(C)c1O)c1ccccc1. The Kier molecular flexibility index (Phi) is 6.74. The molecule has 1 amide bonds. The van der Waals surface area contributed by atoms with E-state index in [4.69, 9.17) is 4.74 Å². The largest absolute Gasteiger partial charge is 0.505 e. The molecule has 0 saturated carbocycles. The van der Waals surface area contributed by atoms with E-state index >= 15 is 0 Å². The fourth-order valence-corrected chi connectivity index (χ4v) is 3.87. The van der Waals surface area contributed by atoms with Crippen molar-refractivity contribution in [3.8, 4) is 17.5 Å². The third kappa shape index (κ3) is 4.42. The van der Waals surface area contributed by atoms with E-state index in [1.54, 1.807) is 23.1 Å². The van der Waals surface area contributed by atoms with Crippen molar-refractivity contribution in [1.29, 1.82) is 0 Å². The number of aromatic hydroxyl groups is 3. The van der Waals surface area contributed by atoms with Gasteiger partial charge in [-0.25, -0.2) is 4.99 Å². The van der Waals surface area contributed by atoms with Crippen LogP contribution in [0.3, 0.4) is 0 Å². The number of phenols is 1. The molecule has 2 aromatic carbocycles. The molecule has 1 aromatic heterocycles. The maximum Gasteiger partial charge on any atom is 0.257 e. The predicted octanol–water partition coefficient (Wildman–Crippen LogP) is 3.89. The molecule has 9 heteroatoms. The number of carbonyl (C=O) groups excluding carboxylic acids is 1. The number of nitrogens with one attached hydrogen (secondary N) is 1. The van der Waals surface area contributed by atoms with Crippen LogP contribution in [0.1, 0.15) is 29.3 Å². The summed E-state index contributed by atoms with van der Waals surface area (Å²) in [7, 11) is 1.50. The van der Waals surface area contributed by atoms with Crippen LogP contribution < -0.4 is 5.32 Å². The maximum absolute atomic E-state index is 12.9. The number of hydrogen-bond acceptors (Lipinski definition) is 7. The van der Waals surface area contributed by atoms with E-state index in [9.17, 15) is 20.1 Å². The molecule has 0 unspecified atom stereocenters. The molecule has 0 atom stereocenters. The molecule has 0 bridgehead atoms. The number of nitrogens with zero attached hydrogens (tertiary/aromatic N) is 3. The molecule has 4 rings (SSSR count). The number of carbonyl (C=O) groups is 1. The van der Waals surface area contributed by atoms with Crippen LogP contribution in [0.15, 0.2) is 53.5 Å². The number of amides is 1. The minimum atomic E-state index is -0.305. The fraction of sp³-hybridized carbons (Fsp3) is 0.280. The zero-order valence-corrected chi connectivity index (χ0v) is 19.2. The number of para-hydroxylation sites is 1. The van der Waals surface area contributed by atoms with Crippen molar-refractivity contribution in [2.45, 2.75) is 13.3 Å². The van der Waals surface area contributed by atoms with Gasteiger partial charge in [-0.05, 0) is 24.1 Å². The van der Waals surface area contributed by atoms with Gasteiger partial charge in [0.2, 0.25) is 11.8 Å². The Labute approximate surface area is 197 Å². The molecular formula is C25H28N4O5. The monoisotopic (exact) mass is 464 g/mol. The highest BCUT2D eigenvalue weighted by Crippen LogP contribution is 2.47. The zero-order valence-electron chi connectivity index (χ0n) is 19.2. The number of morpholine rings is 1. The molecule has 1 aliphatic heterocycles. The highest BCUT2D eigenvalue weighted by molar-refractivity contribution is 6.04. The first-order valence-corrected chi connectivity index (χ1v) is 11.1. The maximum atomic E-state index is 12.9. The van der Waals surface area contributed by atoms with Crippen LogP contribution >= 0.6 is 0 Å². The Hall–Kier alpha value is -3.98. The van der Waals surface area contributed by atoms with Crippen LogP contribution in [0.5, 0.6) is 17.5 Å². The highest BCUT2D eigenvalue weighted by atomic mass is 16.5. The van der Waals surface area contributed by atoms with Crippen LogP contribution in [0.25, 0.3) is 0 Å². The Morgan fingerprint density at radius 3 is 2.41 bits per heavy atom. The van der Waals surface area contributed by atoms with Gasteiger partial charge in [0, 0.05) is 25.8 Å². The first-order valence-electron chi connectivity index (χ1n) is 11.1. The summed E-state index contributed by atoms with van der Waals surface area (Å²) in [6.45, 7) is 3.74. The van der Waals surface area contributed by atoms with Crippen LogP contribution in [-0.2, 0) is 11.8 Å². The first-order chi connectivity index (χ1) is 16.4. The van der Waals surface area contributed by atoms with Crippen LogP contribution in [0, 0.1) is 0 Å². The molecule has 3 aromatic rings. The van der Waals surface area contributed by atoms with Crippen LogP contribution in [0.4, 0.5) is 17.1 Å². The normalized spacial score (nSPS) is 14.3. The van der Waals surface area contributed by atoms with Crippen molar-refractivity contribution < 1.29 is 24.9 Å². The smallest absolute Gasteiger partial charge is 0.257 e. The van der Waals surface area contributed by atoms with Crippen molar-refractivity contribution in [3.05, 3.63) is 59.7 Å². The topological polar surface area (TPSA) is 120 Å². The van der Waals surface area contributed by atoms with Crippen molar-refractivity contribution in [1.82, 2.24) is 9.47 Å². The van der Waals surface area contributed by atoms with E-state index < -0.39 is 0 Å². The van der Waals surface area contributed by atoms with E-state index in [0.29, 0.717) is 38.4 Å². The fourth-order valence-electron chi connectivity index (χ4n) is 3.87. The van der Waals surface area contributed by atoms with Gasteiger partial charge in [0.1, 0.15) is 5.69 Å². The molecule has 1 fully saturated rings. The molecular weight excluding hydrogens is 436 g/mol. The Morgan fingerprint density at radius 2 is 1.74 bits per heavy atom. The zero-order chi connectivity index (χ0) is 24.2. The van der Waals surface area contributed by atoms with Crippen molar-refractivity contribution in [2.75, 3.05) is 31.6 Å². The minimum absolute atomic E-state index is 0.119. The van der Waals surface area contributed by atoms with Gasteiger partial charge >= 0.3 is 0 Å². The summed E-state index contributed by atoms with van der Waals surface area (Å²) in [5.41, 5.74) is 2.19. The lowest BCUT2D eigenvalue weighted by molar-refractivity contribution is 0.0301. The number of hydrogen-bond donors (Lipinski definition) is 4. The second-order valence-corrected chi connectivity index (χ2v) is 7.94. The van der Waals surface area contributed by atoms with E-state index in [1.807, 2.05) is 37.3 Å². The summed E-state index contributed by atoms with van der Waals surface area (Å²) < 4.78 is 6.49. The lowest BCUT2D eigenvalue weighted by Crippen LogP contribution is -2.40. The molecule has 178 valence electrons. The molecule has 2 heterocycles. The van der Waals surface area contributed by atoms with Gasteiger partial charge in [-0.2, -0.15) is 0 Å². The molecule has 34 heavy (non-hydrogen) atoms. The third-order valence-corrected chi connectivity index (χ3v) is 5.82. The molecule has 4 N–H and O–H groups in total. The van der Waals surface area contributed by atoms with Gasteiger partial charge in [0.15, 0.2) is 11.4 Å². The average molecular weight is 465 g/mol. The van der Waals surface area contributed by atoms with Gasteiger partial charge in [-0.3, -0.25) is 9.36 Å². The van der Waals surface area contributed by atoms with Crippen molar-refractivity contribution >= 4 is 28.7 Å². The molecule has 0 aliphatic carbocycles. The van der Waals surface area contributed by atoms with Gasteiger partial charge in [-0.15, -0.1) is 0 Å². The Bertz CT molecular complexity index is 1210. The Morgan fingerprint density at radius 1 is 1.03 bits per heavy atom. The molecule has 9 nitrogen and oxygen atoms in total. The molecule has 0 spiro atoms. The number of phenolic OH excluding ortho intramolecular Hbond substituents is 1. The molecule has 1 aliphatic rings. The van der Waals surface area contributed by atoms with Crippen LogP contribution in [-0.4, -0.2) is 62.7 Å². The van der Waals surface area contributed by atoms with Crippen molar-refractivity contribution in [2.24, 2.45) is 12.0 Å². The third-order valence-electron chi connectivity index (χ3n) is 5.82. The summed E-state index contributed by atoms with van der Waals surface area (Å²) in [5.74, 6) is -1.05. The minimum Gasteiger partial charge on any atom is -0.505 e. The number of ether oxygens (including phenoxy) is 1. The second kappa shape index (κ2) is 9.88. The summed E-state index contributed by atoms with van der Waals surface area (Å²) >= 11 is 0. The first kappa shape index (κ1) is 23.2. The lowest BCUT2D eigenvalue weighted by atomic mass is 10.1. The standard InChI is InChI=1S/C25H28N4O5/c1-3-18(16-8-5-4-6-9-16)26-20-21(25(33)28(2)24(20)32)27-19-11-7-10-17(22(19)30)23(31)29-12-14-34-15-13-29/h4-11,27,30,32-33H,3,12-15H2,1-2H3. The summed E-state index contributed by atoms with van der Waals surface area (Å²) in [6.07, 6.45) is 0.591. The van der Waals surface area contributed by atoms with Gasteiger partial charge in [0.25, 0.3) is 5.91 Å². The lowest BCUT2D eigenvalue weighted by Gasteiger charge is -2.27. The second-order valence-electron chi connectivity index (χ2n) is 7.94. The van der Waals surface area contributed by atoms with E-state index in [-0.39, 0.29) is 46.0 Å². The molecule has 1 saturated heterocycles. The van der Waals surface area contributed by atoms with Gasteiger partial charge < -0.3 is 30.3 Å². The Balaban J connectivity index is 1.72.